The third-order valence-electron chi connectivity index (χ3n) is 5.44. The number of hydrogen-bond donors (Lipinski definition) is 2. The summed E-state index contributed by atoms with van der Waals surface area (Å²) in [5.41, 5.74) is 4.09. The third-order valence-corrected chi connectivity index (χ3v) is 5.67. The standard InChI is InChI=1S/C25H24ClN3O3/c1-3-16-7-9-21(15-22(16)24(30)27-2)32-20-6-4-5-19(14-20)28-25(31)29-12-11-17-13-18(26)8-10-23(17)29/h4-10,13-15H,3,11-12H2,1-2H3,(H,27,30)(H,28,31). The van der Waals surface area contributed by atoms with Crippen molar-refractivity contribution in [1.82, 2.24) is 5.32 Å². The van der Waals surface area contributed by atoms with Crippen LogP contribution in [0.1, 0.15) is 28.4 Å². The topological polar surface area (TPSA) is 70.7 Å². The van der Waals surface area contributed by atoms with Gasteiger partial charge < -0.3 is 15.4 Å². The maximum atomic E-state index is 12.9. The first kappa shape index (κ1) is 21.7. The van der Waals surface area contributed by atoms with Gasteiger partial charge >= 0.3 is 6.03 Å². The Morgan fingerprint density at radius 3 is 2.66 bits per heavy atom. The number of ether oxygens (including phenoxy) is 1. The van der Waals surface area contributed by atoms with Gasteiger partial charge in [-0.2, -0.15) is 0 Å². The molecule has 3 amide bonds. The molecular weight excluding hydrogens is 426 g/mol. The van der Waals surface area contributed by atoms with E-state index in [0.29, 0.717) is 34.3 Å². The highest BCUT2D eigenvalue weighted by Gasteiger charge is 2.24. The van der Waals surface area contributed by atoms with E-state index in [1.165, 1.54) is 0 Å². The van der Waals surface area contributed by atoms with Gasteiger partial charge in [-0.3, -0.25) is 9.69 Å². The first-order valence-corrected chi connectivity index (χ1v) is 10.9. The molecule has 0 unspecified atom stereocenters. The molecule has 1 aliphatic rings. The van der Waals surface area contributed by atoms with Gasteiger partial charge in [0.15, 0.2) is 0 Å². The van der Waals surface area contributed by atoms with Crippen molar-refractivity contribution >= 4 is 34.9 Å². The molecule has 4 rings (SSSR count). The van der Waals surface area contributed by atoms with Crippen LogP contribution in [0.4, 0.5) is 16.2 Å². The Hall–Kier alpha value is -3.51. The van der Waals surface area contributed by atoms with Crippen molar-refractivity contribution in [3.8, 4) is 11.5 Å². The molecule has 0 bridgehead atoms. The van der Waals surface area contributed by atoms with Gasteiger partial charge in [-0.05, 0) is 66.4 Å². The second-order valence-electron chi connectivity index (χ2n) is 7.49. The predicted molar refractivity (Wildman–Crippen MR) is 127 cm³/mol. The second-order valence-corrected chi connectivity index (χ2v) is 7.92. The monoisotopic (exact) mass is 449 g/mol. The van der Waals surface area contributed by atoms with Gasteiger partial charge in [0.25, 0.3) is 5.91 Å². The lowest BCUT2D eigenvalue weighted by Gasteiger charge is -2.18. The van der Waals surface area contributed by atoms with E-state index in [9.17, 15) is 9.59 Å². The Labute approximate surface area is 192 Å². The summed E-state index contributed by atoms with van der Waals surface area (Å²) in [6, 6.07) is 18.0. The number of aryl methyl sites for hydroxylation is 1. The number of fused-ring (bicyclic) bond motifs is 1. The van der Waals surface area contributed by atoms with E-state index in [2.05, 4.69) is 10.6 Å². The summed E-state index contributed by atoms with van der Waals surface area (Å²) in [4.78, 5) is 26.7. The van der Waals surface area contributed by atoms with E-state index >= 15 is 0 Å². The van der Waals surface area contributed by atoms with Crippen LogP contribution in [0.3, 0.4) is 0 Å². The summed E-state index contributed by atoms with van der Waals surface area (Å²) in [6.07, 6.45) is 1.52. The number of halogens is 1. The lowest BCUT2D eigenvalue weighted by Crippen LogP contribution is -2.33. The minimum absolute atomic E-state index is 0.152. The van der Waals surface area contributed by atoms with E-state index in [1.807, 2.05) is 37.3 Å². The van der Waals surface area contributed by atoms with Crippen LogP contribution in [0.5, 0.6) is 11.5 Å². The second kappa shape index (κ2) is 9.32. The molecule has 0 aromatic heterocycles. The van der Waals surface area contributed by atoms with Crippen LogP contribution in [-0.2, 0) is 12.8 Å². The molecule has 0 fully saturated rings. The van der Waals surface area contributed by atoms with E-state index < -0.39 is 0 Å². The summed E-state index contributed by atoms with van der Waals surface area (Å²) in [7, 11) is 1.61. The number of benzene rings is 3. The quantitative estimate of drug-likeness (QED) is 0.528. The van der Waals surface area contributed by atoms with Crippen molar-refractivity contribution in [2.24, 2.45) is 0 Å². The predicted octanol–water partition coefficient (Wildman–Crippen LogP) is 5.65. The van der Waals surface area contributed by atoms with Gasteiger partial charge in [-0.25, -0.2) is 4.79 Å². The van der Waals surface area contributed by atoms with E-state index in [4.69, 9.17) is 16.3 Å². The van der Waals surface area contributed by atoms with E-state index in [-0.39, 0.29) is 11.9 Å². The lowest BCUT2D eigenvalue weighted by molar-refractivity contribution is 0.0962. The van der Waals surface area contributed by atoms with Crippen LogP contribution in [0.15, 0.2) is 60.7 Å². The molecule has 0 spiro atoms. The van der Waals surface area contributed by atoms with Gasteiger partial charge in [0, 0.05) is 41.6 Å². The molecule has 3 aromatic rings. The maximum Gasteiger partial charge on any atom is 0.326 e. The van der Waals surface area contributed by atoms with Crippen molar-refractivity contribution < 1.29 is 14.3 Å². The zero-order valence-corrected chi connectivity index (χ0v) is 18.7. The van der Waals surface area contributed by atoms with Gasteiger partial charge in [-0.15, -0.1) is 0 Å². The van der Waals surface area contributed by atoms with Crippen molar-refractivity contribution in [2.75, 3.05) is 23.8 Å². The summed E-state index contributed by atoms with van der Waals surface area (Å²) >= 11 is 6.06. The fourth-order valence-electron chi connectivity index (χ4n) is 3.82. The molecule has 7 heteroatoms. The Bertz CT molecular complexity index is 1180. The van der Waals surface area contributed by atoms with Gasteiger partial charge in [0.1, 0.15) is 11.5 Å². The van der Waals surface area contributed by atoms with Crippen molar-refractivity contribution in [1.29, 1.82) is 0 Å². The zero-order chi connectivity index (χ0) is 22.7. The number of urea groups is 1. The first-order chi connectivity index (χ1) is 15.5. The highest BCUT2D eigenvalue weighted by Crippen LogP contribution is 2.31. The molecule has 0 saturated heterocycles. The lowest BCUT2D eigenvalue weighted by atomic mass is 10.0. The number of carbonyl (C=O) groups excluding carboxylic acids is 2. The number of amides is 3. The average molecular weight is 450 g/mol. The van der Waals surface area contributed by atoms with Gasteiger partial charge in [0.2, 0.25) is 0 Å². The fraction of sp³-hybridized carbons (Fsp3) is 0.200. The molecule has 3 aromatic carbocycles. The number of carbonyl (C=O) groups is 2. The molecule has 6 nitrogen and oxygen atoms in total. The third kappa shape index (κ3) is 4.55. The number of nitrogens with zero attached hydrogens (tertiary/aromatic N) is 1. The molecule has 0 radical (unpaired) electrons. The highest BCUT2D eigenvalue weighted by atomic mass is 35.5. The maximum absolute atomic E-state index is 12.9. The zero-order valence-electron chi connectivity index (χ0n) is 17.9. The highest BCUT2D eigenvalue weighted by molar-refractivity contribution is 6.30. The first-order valence-electron chi connectivity index (χ1n) is 10.5. The van der Waals surface area contributed by atoms with Crippen molar-refractivity contribution in [3.63, 3.8) is 0 Å². The molecule has 1 heterocycles. The number of anilines is 2. The van der Waals surface area contributed by atoms with Crippen molar-refractivity contribution in [2.45, 2.75) is 19.8 Å². The molecular formula is C25H24ClN3O3. The molecule has 2 N–H and O–H groups in total. The molecule has 32 heavy (non-hydrogen) atoms. The van der Waals surface area contributed by atoms with Crippen LogP contribution < -0.4 is 20.3 Å². The average Bonchev–Trinajstić information content (AvgIpc) is 3.22. The normalized spacial score (nSPS) is 12.3. The van der Waals surface area contributed by atoms with Crippen LogP contribution in [0.25, 0.3) is 0 Å². The van der Waals surface area contributed by atoms with E-state index in [0.717, 1.165) is 29.7 Å². The summed E-state index contributed by atoms with van der Waals surface area (Å²) in [5.74, 6) is 0.957. The summed E-state index contributed by atoms with van der Waals surface area (Å²) in [6.45, 7) is 2.60. The Kier molecular flexibility index (Phi) is 6.32. The number of rotatable bonds is 5. The number of hydrogen-bond acceptors (Lipinski definition) is 3. The van der Waals surface area contributed by atoms with Crippen molar-refractivity contribution in [3.05, 3.63) is 82.4 Å². The summed E-state index contributed by atoms with van der Waals surface area (Å²) in [5, 5.41) is 6.26. The smallest absolute Gasteiger partial charge is 0.326 e. The van der Waals surface area contributed by atoms with Crippen LogP contribution in [0.2, 0.25) is 5.02 Å². The Balaban J connectivity index is 1.49. The summed E-state index contributed by atoms with van der Waals surface area (Å²) < 4.78 is 5.97. The molecule has 0 aliphatic carbocycles. The Morgan fingerprint density at radius 2 is 1.88 bits per heavy atom. The molecule has 164 valence electrons. The van der Waals surface area contributed by atoms with Gasteiger partial charge in [-0.1, -0.05) is 30.7 Å². The fourth-order valence-corrected chi connectivity index (χ4v) is 4.01. The SMILES string of the molecule is CCc1ccc(Oc2cccc(NC(=O)N3CCc4cc(Cl)ccc43)c2)cc1C(=O)NC. The number of nitrogens with one attached hydrogen (secondary N) is 2. The Morgan fingerprint density at radius 1 is 1.06 bits per heavy atom. The molecule has 0 atom stereocenters. The molecule has 0 saturated carbocycles. The largest absolute Gasteiger partial charge is 0.457 e. The minimum Gasteiger partial charge on any atom is -0.457 e. The van der Waals surface area contributed by atoms with Crippen LogP contribution >= 0.6 is 11.6 Å². The minimum atomic E-state index is -0.211. The van der Waals surface area contributed by atoms with Gasteiger partial charge in [0.05, 0.1) is 0 Å². The molecule has 1 aliphatic heterocycles. The van der Waals surface area contributed by atoms with E-state index in [1.54, 1.807) is 42.3 Å². The van der Waals surface area contributed by atoms with Crippen LogP contribution in [-0.4, -0.2) is 25.5 Å². The van der Waals surface area contributed by atoms with Crippen LogP contribution in [0, 0.1) is 0 Å².